The zero-order chi connectivity index (χ0) is 31.9. The fourth-order valence-electron chi connectivity index (χ4n) is 4.71. The van der Waals surface area contributed by atoms with Crippen LogP contribution in [0.4, 0.5) is 57.1 Å². The zero-order valence-electron chi connectivity index (χ0n) is 22.3. The van der Waals surface area contributed by atoms with Crippen LogP contribution in [0.15, 0.2) is 42.5 Å². The molecule has 15 heteroatoms. The van der Waals surface area contributed by atoms with Gasteiger partial charge in [-0.05, 0) is 39.9 Å². The molecule has 234 valence electrons. The van der Waals surface area contributed by atoms with Crippen molar-refractivity contribution in [3.05, 3.63) is 48.0 Å². The monoisotopic (exact) mass is 632 g/mol. The maximum absolute atomic E-state index is 14.6. The number of hydrogen-bond acceptors (Lipinski definition) is 1. The molecule has 41 heavy (non-hydrogen) atoms. The van der Waals surface area contributed by atoms with Crippen molar-refractivity contribution >= 4 is 19.1 Å². The van der Waals surface area contributed by atoms with Crippen molar-refractivity contribution in [2.45, 2.75) is 93.5 Å². The normalized spacial score (nSPS) is 14.9. The lowest BCUT2D eigenvalue weighted by Gasteiger charge is -2.42. The van der Waals surface area contributed by atoms with Crippen LogP contribution < -0.4 is 0 Å². The summed E-state index contributed by atoms with van der Waals surface area (Å²) < 4.78 is 182. The third kappa shape index (κ3) is 6.21. The second kappa shape index (κ2) is 11.6. The molecule has 0 aromatic heterocycles. The molecule has 0 aliphatic heterocycles. The Kier molecular flexibility index (Phi) is 9.92. The Morgan fingerprint density at radius 2 is 1.12 bits per heavy atom. The molecule has 2 rings (SSSR count). The molecule has 0 spiro atoms. The summed E-state index contributed by atoms with van der Waals surface area (Å²) in [4.78, 5) is 0. The van der Waals surface area contributed by atoms with Gasteiger partial charge in [0.15, 0.2) is 8.32 Å². The molecule has 2 aromatic rings. The maximum atomic E-state index is 14.6. The fourth-order valence-corrected chi connectivity index (χ4v) is 9.20. The van der Waals surface area contributed by atoms with Crippen molar-refractivity contribution in [2.24, 2.45) is 0 Å². The molecule has 0 atom stereocenters. The van der Waals surface area contributed by atoms with E-state index in [9.17, 15) is 57.1 Å². The third-order valence-electron chi connectivity index (χ3n) is 7.36. The number of halogens is 13. The summed E-state index contributed by atoms with van der Waals surface area (Å²) in [5.74, 6) is -36.8. The van der Waals surface area contributed by atoms with Crippen LogP contribution in [0.3, 0.4) is 0 Å². The van der Waals surface area contributed by atoms with E-state index in [1.165, 1.54) is 27.7 Å². The zero-order valence-corrected chi connectivity index (χ0v) is 23.3. The largest absolute Gasteiger partial charge is 0.460 e. The summed E-state index contributed by atoms with van der Waals surface area (Å²) in [6, 6.07) is 11.8. The van der Waals surface area contributed by atoms with Gasteiger partial charge < -0.3 is 4.43 Å². The van der Waals surface area contributed by atoms with Gasteiger partial charge in [-0.2, -0.15) is 57.1 Å². The first-order chi connectivity index (χ1) is 18.4. The summed E-state index contributed by atoms with van der Waals surface area (Å²) in [7, 11) is -3.59. The Morgan fingerprint density at radius 3 is 1.61 bits per heavy atom. The van der Waals surface area contributed by atoms with Crippen LogP contribution in [-0.4, -0.2) is 50.7 Å². The van der Waals surface area contributed by atoms with Gasteiger partial charge in [0.2, 0.25) is 0 Å². The van der Waals surface area contributed by atoms with E-state index in [1.54, 1.807) is 12.1 Å². The quantitative estimate of drug-likeness (QED) is 0.158. The second-order valence-electron chi connectivity index (χ2n) is 10.5. The van der Waals surface area contributed by atoms with E-state index >= 15 is 0 Å². The van der Waals surface area contributed by atoms with Gasteiger partial charge in [0.25, 0.3) is 0 Å². The van der Waals surface area contributed by atoms with Crippen LogP contribution in [0.2, 0.25) is 17.1 Å². The average molecular weight is 633 g/mol. The molecule has 2 aromatic carbocycles. The van der Waals surface area contributed by atoms with Crippen molar-refractivity contribution in [2.75, 3.05) is 6.61 Å². The van der Waals surface area contributed by atoms with Gasteiger partial charge in [0.05, 0.1) is 0 Å². The molecule has 0 aliphatic carbocycles. The van der Waals surface area contributed by atoms with Crippen LogP contribution in [0, 0.1) is 0 Å². The van der Waals surface area contributed by atoms with Crippen molar-refractivity contribution in [3.8, 4) is 0 Å². The predicted octanol–water partition coefficient (Wildman–Crippen LogP) is 10.3. The van der Waals surface area contributed by atoms with E-state index in [0.29, 0.717) is 0 Å². The number of alkyl halides is 13. The Morgan fingerprint density at radius 1 is 0.634 bits per heavy atom. The Bertz CT molecular complexity index is 1170. The van der Waals surface area contributed by atoms with Gasteiger partial charge in [-0.15, -0.1) is 0 Å². The first-order valence-electron chi connectivity index (χ1n) is 12.5. The van der Waals surface area contributed by atoms with Gasteiger partial charge in [-0.3, -0.25) is 0 Å². The smallest absolute Gasteiger partial charge is 0.416 e. The minimum Gasteiger partial charge on any atom is -0.416 e. The number of fused-ring (bicyclic) bond motifs is 1. The summed E-state index contributed by atoms with van der Waals surface area (Å²) in [6.45, 7) is 5.92. The minimum atomic E-state index is -7.90. The summed E-state index contributed by atoms with van der Waals surface area (Å²) in [6.07, 6.45) is -9.41. The van der Waals surface area contributed by atoms with Crippen LogP contribution in [0.5, 0.6) is 0 Å². The predicted molar refractivity (Wildman–Crippen MR) is 130 cm³/mol. The molecule has 0 N–H and O–H groups in total. The van der Waals surface area contributed by atoms with Crippen molar-refractivity contribution in [1.29, 1.82) is 0 Å². The molecule has 0 saturated carbocycles. The van der Waals surface area contributed by atoms with Crippen LogP contribution in [-0.2, 0) is 10.8 Å². The van der Waals surface area contributed by atoms with Crippen LogP contribution >= 0.6 is 0 Å². The van der Waals surface area contributed by atoms with Gasteiger partial charge in [-0.25, -0.2) is 0 Å². The van der Waals surface area contributed by atoms with Crippen LogP contribution in [0.1, 0.15) is 39.7 Å². The highest BCUT2D eigenvalue weighted by atomic mass is 28.4. The van der Waals surface area contributed by atoms with E-state index < -0.39 is 67.7 Å². The second-order valence-corrected chi connectivity index (χ2v) is 15.6. The van der Waals surface area contributed by atoms with E-state index in [2.05, 4.69) is 0 Å². The first kappa shape index (κ1) is 35.2. The molecule has 1 nitrogen and oxygen atoms in total. The summed E-state index contributed by atoms with van der Waals surface area (Å²) in [5, 5.41) is 1.82. The fraction of sp³-hybridized carbons (Fsp3) is 0.615. The maximum Gasteiger partial charge on any atom is 0.460 e. The standard InChI is InChI=1S/C26H29F13OSi/c1-16(2)41(17(3)4,40-13-11-18-9-10-19-7-5-6-8-20(19)15-18)14-12-21(27,28)22(29,30)23(31,32)24(33,34)25(35,36)26(37,38)39/h5-10,15-17H,11-14H2,1-4H3. The lowest BCUT2D eigenvalue weighted by Crippen LogP contribution is -2.70. The molecular weight excluding hydrogens is 603 g/mol. The number of hydrogen-bond donors (Lipinski definition) is 0. The van der Waals surface area contributed by atoms with Gasteiger partial charge in [0.1, 0.15) is 0 Å². The van der Waals surface area contributed by atoms with Crippen molar-refractivity contribution in [3.63, 3.8) is 0 Å². The van der Waals surface area contributed by atoms with E-state index in [-0.39, 0.29) is 13.0 Å². The van der Waals surface area contributed by atoms with E-state index in [0.717, 1.165) is 16.3 Å². The van der Waals surface area contributed by atoms with Gasteiger partial charge in [-0.1, -0.05) is 70.2 Å². The third-order valence-corrected chi connectivity index (χ3v) is 13.0. The number of benzene rings is 2. The molecule has 0 radical (unpaired) electrons. The Hall–Kier alpha value is -2.03. The summed E-state index contributed by atoms with van der Waals surface area (Å²) >= 11 is 0. The van der Waals surface area contributed by atoms with Crippen molar-refractivity contribution in [1.82, 2.24) is 0 Å². The molecule has 0 amide bonds. The Balaban J connectivity index is 2.31. The van der Waals surface area contributed by atoms with E-state index in [4.69, 9.17) is 4.43 Å². The topological polar surface area (TPSA) is 9.23 Å². The number of rotatable bonds is 13. The van der Waals surface area contributed by atoms with Crippen molar-refractivity contribution < 1.29 is 61.5 Å². The van der Waals surface area contributed by atoms with E-state index in [1.807, 2.05) is 30.3 Å². The molecule has 0 heterocycles. The molecule has 0 fully saturated rings. The Labute approximate surface area is 229 Å². The SMILES string of the molecule is CC(C)[Si](CCC(F)(F)C(F)(F)C(F)(F)C(F)(F)C(F)(F)C(F)(F)F)(OCCc1ccc2ccccc2c1)C(C)C. The van der Waals surface area contributed by atoms with Gasteiger partial charge >= 0.3 is 35.8 Å². The van der Waals surface area contributed by atoms with Crippen LogP contribution in [0.25, 0.3) is 10.8 Å². The molecule has 0 unspecified atom stereocenters. The molecular formula is C26H29F13OSi. The molecule has 0 saturated heterocycles. The molecule has 0 bridgehead atoms. The highest BCUT2D eigenvalue weighted by Gasteiger charge is 2.90. The molecule has 0 aliphatic rings. The lowest BCUT2D eigenvalue weighted by molar-refractivity contribution is -0.440. The van der Waals surface area contributed by atoms with Gasteiger partial charge in [0, 0.05) is 13.0 Å². The average Bonchev–Trinajstić information content (AvgIpc) is 2.84. The minimum absolute atomic E-state index is 0.102. The first-order valence-corrected chi connectivity index (χ1v) is 14.7. The lowest BCUT2D eigenvalue weighted by atomic mass is 9.93. The summed E-state index contributed by atoms with van der Waals surface area (Å²) in [5.41, 5.74) is -0.427. The highest BCUT2D eigenvalue weighted by molar-refractivity contribution is 6.76. The highest BCUT2D eigenvalue weighted by Crippen LogP contribution is 2.61.